The van der Waals surface area contributed by atoms with Crippen molar-refractivity contribution >= 4 is 11.8 Å². The van der Waals surface area contributed by atoms with Crippen molar-refractivity contribution in [1.29, 1.82) is 0 Å². The highest BCUT2D eigenvalue weighted by molar-refractivity contribution is 5.89. The van der Waals surface area contributed by atoms with Crippen molar-refractivity contribution in [3.63, 3.8) is 0 Å². The van der Waals surface area contributed by atoms with E-state index in [-0.39, 0.29) is 17.7 Å². The van der Waals surface area contributed by atoms with Gasteiger partial charge in [-0.3, -0.25) is 14.5 Å². The maximum absolute atomic E-state index is 12.4. The third kappa shape index (κ3) is 4.06. The number of rotatable bonds is 5. The van der Waals surface area contributed by atoms with Gasteiger partial charge >= 0.3 is 0 Å². The van der Waals surface area contributed by atoms with Gasteiger partial charge < -0.3 is 10.2 Å². The molecule has 0 spiro atoms. The first kappa shape index (κ1) is 16.7. The van der Waals surface area contributed by atoms with Crippen molar-refractivity contribution in [2.45, 2.75) is 70.4 Å². The molecule has 130 valence electrons. The average molecular weight is 321 g/mol. The molecule has 2 unspecified atom stereocenters. The van der Waals surface area contributed by atoms with E-state index in [9.17, 15) is 9.59 Å². The second-order valence-corrected chi connectivity index (χ2v) is 7.56. The molecule has 1 N–H and O–H groups in total. The molecule has 2 heterocycles. The van der Waals surface area contributed by atoms with Crippen molar-refractivity contribution < 1.29 is 9.59 Å². The minimum Gasteiger partial charge on any atom is -0.355 e. The van der Waals surface area contributed by atoms with Crippen LogP contribution < -0.4 is 5.32 Å². The van der Waals surface area contributed by atoms with Crippen LogP contribution in [-0.2, 0) is 9.59 Å². The van der Waals surface area contributed by atoms with E-state index in [4.69, 9.17) is 0 Å². The minimum atomic E-state index is -0.137. The average Bonchev–Trinajstić information content (AvgIpc) is 3.18. The number of amides is 2. The number of carbonyl (C=O) groups excluding carboxylic acids is 2. The summed E-state index contributed by atoms with van der Waals surface area (Å²) in [7, 11) is 0. The molecule has 5 heteroatoms. The lowest BCUT2D eigenvalue weighted by Gasteiger charge is -2.33. The van der Waals surface area contributed by atoms with E-state index in [2.05, 4.69) is 17.1 Å². The molecule has 2 saturated heterocycles. The van der Waals surface area contributed by atoms with E-state index < -0.39 is 0 Å². The summed E-state index contributed by atoms with van der Waals surface area (Å²) in [6.07, 6.45) is 8.94. The summed E-state index contributed by atoms with van der Waals surface area (Å²) in [6, 6.07) is 1.03. The number of hydrogen-bond acceptors (Lipinski definition) is 3. The molecular formula is C18H31N3O2. The second kappa shape index (κ2) is 7.65. The van der Waals surface area contributed by atoms with Gasteiger partial charge in [0.2, 0.25) is 11.8 Å². The zero-order valence-electron chi connectivity index (χ0n) is 14.4. The SMILES string of the molecule is CC1CCCCN1CCNC(=O)C1CC(=O)N(C2CCCC2)C1. The van der Waals surface area contributed by atoms with Crippen molar-refractivity contribution in [1.82, 2.24) is 15.1 Å². The lowest BCUT2D eigenvalue weighted by Crippen LogP contribution is -2.43. The molecule has 0 aromatic heterocycles. The van der Waals surface area contributed by atoms with Gasteiger partial charge in [0, 0.05) is 38.1 Å². The van der Waals surface area contributed by atoms with Crippen LogP contribution in [0.15, 0.2) is 0 Å². The Morgan fingerprint density at radius 1 is 1.17 bits per heavy atom. The van der Waals surface area contributed by atoms with Crippen LogP contribution >= 0.6 is 0 Å². The molecule has 1 aliphatic carbocycles. The molecule has 0 aromatic rings. The van der Waals surface area contributed by atoms with Crippen molar-refractivity contribution in [3.8, 4) is 0 Å². The summed E-state index contributed by atoms with van der Waals surface area (Å²) in [5.41, 5.74) is 0. The summed E-state index contributed by atoms with van der Waals surface area (Å²) in [5, 5.41) is 3.06. The lowest BCUT2D eigenvalue weighted by molar-refractivity contribution is -0.130. The topological polar surface area (TPSA) is 52.7 Å². The summed E-state index contributed by atoms with van der Waals surface area (Å²) >= 11 is 0. The zero-order chi connectivity index (χ0) is 16.2. The standard InChI is InChI=1S/C18H31N3O2/c1-14-6-4-5-10-20(14)11-9-19-18(23)15-12-17(22)21(13-15)16-7-2-3-8-16/h14-16H,2-13H2,1H3,(H,19,23). The summed E-state index contributed by atoms with van der Waals surface area (Å²) in [6.45, 7) is 5.69. The first-order valence-electron chi connectivity index (χ1n) is 9.46. The quantitative estimate of drug-likeness (QED) is 0.839. The Labute approximate surface area is 139 Å². The Hall–Kier alpha value is -1.10. The van der Waals surface area contributed by atoms with Crippen LogP contribution in [0.2, 0.25) is 0 Å². The van der Waals surface area contributed by atoms with Gasteiger partial charge in [-0.25, -0.2) is 0 Å². The van der Waals surface area contributed by atoms with Gasteiger partial charge in [-0.1, -0.05) is 19.3 Å². The number of piperidine rings is 1. The first-order chi connectivity index (χ1) is 11.1. The van der Waals surface area contributed by atoms with E-state index in [1.807, 2.05) is 4.90 Å². The number of nitrogens with zero attached hydrogens (tertiary/aromatic N) is 2. The van der Waals surface area contributed by atoms with Crippen LogP contribution in [-0.4, -0.2) is 59.9 Å². The molecule has 0 aromatic carbocycles. The third-order valence-electron chi connectivity index (χ3n) is 5.93. The highest BCUT2D eigenvalue weighted by Gasteiger charge is 2.38. The summed E-state index contributed by atoms with van der Waals surface area (Å²) in [4.78, 5) is 29.0. The molecule has 1 saturated carbocycles. The highest BCUT2D eigenvalue weighted by Crippen LogP contribution is 2.29. The van der Waals surface area contributed by atoms with E-state index >= 15 is 0 Å². The largest absolute Gasteiger partial charge is 0.355 e. The monoisotopic (exact) mass is 321 g/mol. The Bertz CT molecular complexity index is 434. The van der Waals surface area contributed by atoms with E-state index in [0.717, 1.165) is 25.9 Å². The van der Waals surface area contributed by atoms with Gasteiger partial charge in [0.25, 0.3) is 0 Å². The molecule has 0 radical (unpaired) electrons. The molecule has 3 fully saturated rings. The number of likely N-dealkylation sites (tertiary alicyclic amines) is 2. The van der Waals surface area contributed by atoms with Crippen molar-refractivity contribution in [2.24, 2.45) is 5.92 Å². The van der Waals surface area contributed by atoms with Gasteiger partial charge in [-0.05, 0) is 39.2 Å². The zero-order valence-corrected chi connectivity index (χ0v) is 14.4. The fraction of sp³-hybridized carbons (Fsp3) is 0.889. The van der Waals surface area contributed by atoms with Crippen LogP contribution in [0.4, 0.5) is 0 Å². The smallest absolute Gasteiger partial charge is 0.225 e. The fourth-order valence-corrected chi connectivity index (χ4v) is 4.43. The molecule has 2 amide bonds. The number of hydrogen-bond donors (Lipinski definition) is 1. The second-order valence-electron chi connectivity index (χ2n) is 7.56. The van der Waals surface area contributed by atoms with Gasteiger partial charge in [-0.2, -0.15) is 0 Å². The van der Waals surface area contributed by atoms with Crippen LogP contribution in [0.25, 0.3) is 0 Å². The lowest BCUT2D eigenvalue weighted by atomic mass is 10.0. The Morgan fingerprint density at radius 3 is 2.65 bits per heavy atom. The van der Waals surface area contributed by atoms with Gasteiger partial charge in [0.15, 0.2) is 0 Å². The van der Waals surface area contributed by atoms with Crippen molar-refractivity contribution in [3.05, 3.63) is 0 Å². The molecule has 5 nitrogen and oxygen atoms in total. The van der Waals surface area contributed by atoms with Gasteiger partial charge in [0.05, 0.1) is 5.92 Å². The maximum Gasteiger partial charge on any atom is 0.225 e. The molecule has 0 bridgehead atoms. The first-order valence-corrected chi connectivity index (χ1v) is 9.46. The van der Waals surface area contributed by atoms with Crippen LogP contribution in [0, 0.1) is 5.92 Å². The molecule has 2 aliphatic heterocycles. The number of carbonyl (C=O) groups is 2. The number of nitrogens with one attached hydrogen (secondary N) is 1. The molecule has 3 aliphatic rings. The van der Waals surface area contributed by atoms with Gasteiger partial charge in [-0.15, -0.1) is 0 Å². The minimum absolute atomic E-state index is 0.0727. The van der Waals surface area contributed by atoms with Crippen LogP contribution in [0.3, 0.4) is 0 Å². The predicted octanol–water partition coefficient (Wildman–Crippen LogP) is 1.77. The third-order valence-corrected chi connectivity index (χ3v) is 5.93. The predicted molar refractivity (Wildman–Crippen MR) is 90.0 cm³/mol. The summed E-state index contributed by atoms with van der Waals surface area (Å²) < 4.78 is 0. The normalized spacial score (nSPS) is 30.1. The maximum atomic E-state index is 12.4. The molecule has 2 atom stereocenters. The Morgan fingerprint density at radius 2 is 1.91 bits per heavy atom. The van der Waals surface area contributed by atoms with Gasteiger partial charge in [0.1, 0.15) is 0 Å². The molecule has 23 heavy (non-hydrogen) atoms. The van der Waals surface area contributed by atoms with E-state index in [1.165, 1.54) is 32.1 Å². The summed E-state index contributed by atoms with van der Waals surface area (Å²) in [5.74, 6) is 0.118. The fourth-order valence-electron chi connectivity index (χ4n) is 4.43. The van der Waals surface area contributed by atoms with E-state index in [0.29, 0.717) is 31.6 Å². The highest BCUT2D eigenvalue weighted by atomic mass is 16.2. The van der Waals surface area contributed by atoms with E-state index in [1.54, 1.807) is 0 Å². The van der Waals surface area contributed by atoms with Crippen molar-refractivity contribution in [2.75, 3.05) is 26.2 Å². The van der Waals surface area contributed by atoms with Crippen LogP contribution in [0.1, 0.15) is 58.3 Å². The molecule has 3 rings (SSSR count). The van der Waals surface area contributed by atoms with Crippen LogP contribution in [0.5, 0.6) is 0 Å². The Balaban J connectivity index is 1.41. The Kier molecular flexibility index (Phi) is 5.57. The molecular weight excluding hydrogens is 290 g/mol.